The maximum atomic E-state index is 2.51. The summed E-state index contributed by atoms with van der Waals surface area (Å²) in [7, 11) is 0. The fourth-order valence-corrected chi connectivity index (χ4v) is 3.26. The normalized spacial score (nSPS) is 32.4. The average Bonchev–Trinajstić information content (AvgIpc) is 2.91. The summed E-state index contributed by atoms with van der Waals surface area (Å²) in [5, 5.41) is 0. The van der Waals surface area contributed by atoms with Crippen LogP contribution in [0.5, 0.6) is 0 Å². The number of hydrogen-bond donors (Lipinski definition) is 0. The van der Waals surface area contributed by atoms with Crippen molar-refractivity contribution in [1.82, 2.24) is 0 Å². The maximum absolute atomic E-state index is 2.51. The van der Waals surface area contributed by atoms with Crippen molar-refractivity contribution in [3.63, 3.8) is 0 Å². The molecule has 88 valence electrons. The highest BCUT2D eigenvalue weighted by Crippen LogP contribution is 2.49. The fraction of sp³-hybridized carbons (Fsp3) is 1.00. The smallest absolute Gasteiger partial charge is 0.0357 e. The molecular weight excluding hydrogens is 180 g/mol. The van der Waals surface area contributed by atoms with Crippen molar-refractivity contribution in [3.05, 3.63) is 0 Å². The van der Waals surface area contributed by atoms with Gasteiger partial charge in [-0.2, -0.15) is 0 Å². The van der Waals surface area contributed by atoms with Crippen LogP contribution in [0, 0.1) is 23.7 Å². The summed E-state index contributed by atoms with van der Waals surface area (Å²) in [6, 6.07) is 0. The molecule has 0 aromatic rings. The highest BCUT2D eigenvalue weighted by atomic mass is 14.4. The van der Waals surface area contributed by atoms with Crippen molar-refractivity contribution < 1.29 is 0 Å². The molecule has 0 nitrogen and oxygen atoms in total. The summed E-state index contributed by atoms with van der Waals surface area (Å²) in [4.78, 5) is 0. The van der Waals surface area contributed by atoms with Gasteiger partial charge in [0.1, 0.15) is 0 Å². The van der Waals surface area contributed by atoms with Crippen LogP contribution in [0.3, 0.4) is 0 Å². The standard InChI is InChI=1S/C15H28/c1-3-4-8-14-11-15(14)12(2)9-10-13-6-5-7-13/h12-15H,3-11H2,1-2H3. The summed E-state index contributed by atoms with van der Waals surface area (Å²) in [5.41, 5.74) is 0. The Balaban J connectivity index is 1.54. The molecule has 2 rings (SSSR count). The van der Waals surface area contributed by atoms with Gasteiger partial charge in [-0.3, -0.25) is 0 Å². The van der Waals surface area contributed by atoms with E-state index in [1.165, 1.54) is 51.4 Å². The van der Waals surface area contributed by atoms with E-state index < -0.39 is 0 Å². The molecule has 2 saturated carbocycles. The van der Waals surface area contributed by atoms with Gasteiger partial charge in [0.25, 0.3) is 0 Å². The third kappa shape index (κ3) is 3.23. The summed E-state index contributed by atoms with van der Waals surface area (Å²) < 4.78 is 0. The van der Waals surface area contributed by atoms with Crippen molar-refractivity contribution in [2.45, 2.75) is 71.6 Å². The molecule has 3 atom stereocenters. The van der Waals surface area contributed by atoms with Gasteiger partial charge in [0.15, 0.2) is 0 Å². The molecule has 0 aromatic carbocycles. The van der Waals surface area contributed by atoms with Crippen molar-refractivity contribution in [3.8, 4) is 0 Å². The molecular formula is C15H28. The Bertz CT molecular complexity index is 180. The number of unbranched alkanes of at least 4 members (excludes halogenated alkanes) is 1. The van der Waals surface area contributed by atoms with Crippen LogP contribution in [0.2, 0.25) is 0 Å². The van der Waals surface area contributed by atoms with E-state index in [0.29, 0.717) is 0 Å². The van der Waals surface area contributed by atoms with Gasteiger partial charge < -0.3 is 0 Å². The Morgan fingerprint density at radius 3 is 2.60 bits per heavy atom. The van der Waals surface area contributed by atoms with Crippen LogP contribution in [0.1, 0.15) is 71.6 Å². The van der Waals surface area contributed by atoms with Crippen LogP contribution in [0.4, 0.5) is 0 Å². The van der Waals surface area contributed by atoms with Gasteiger partial charge >= 0.3 is 0 Å². The SMILES string of the molecule is CCCCC1CC1C(C)CCC1CCC1. The quantitative estimate of drug-likeness (QED) is 0.550. The van der Waals surface area contributed by atoms with E-state index in [2.05, 4.69) is 13.8 Å². The zero-order valence-corrected chi connectivity index (χ0v) is 10.7. The summed E-state index contributed by atoms with van der Waals surface area (Å²) in [5.74, 6) is 4.41. The van der Waals surface area contributed by atoms with E-state index in [4.69, 9.17) is 0 Å². The Morgan fingerprint density at radius 2 is 2.00 bits per heavy atom. The molecule has 0 N–H and O–H groups in total. The summed E-state index contributed by atoms with van der Waals surface area (Å²) in [6.45, 7) is 4.83. The van der Waals surface area contributed by atoms with Gasteiger partial charge in [-0.1, -0.05) is 65.2 Å². The zero-order valence-electron chi connectivity index (χ0n) is 10.7. The molecule has 0 aliphatic heterocycles. The molecule has 2 fully saturated rings. The number of hydrogen-bond acceptors (Lipinski definition) is 0. The van der Waals surface area contributed by atoms with Gasteiger partial charge in [0.2, 0.25) is 0 Å². The van der Waals surface area contributed by atoms with Crippen LogP contribution in [0.25, 0.3) is 0 Å². The van der Waals surface area contributed by atoms with Crippen LogP contribution >= 0.6 is 0 Å². The molecule has 2 aliphatic rings. The minimum Gasteiger partial charge on any atom is -0.0654 e. The number of rotatable bonds is 7. The molecule has 0 aromatic heterocycles. The molecule has 0 saturated heterocycles. The van der Waals surface area contributed by atoms with Gasteiger partial charge in [0, 0.05) is 0 Å². The monoisotopic (exact) mass is 208 g/mol. The highest BCUT2D eigenvalue weighted by Gasteiger charge is 2.39. The average molecular weight is 208 g/mol. The lowest BCUT2D eigenvalue weighted by molar-refractivity contribution is 0.264. The first-order chi connectivity index (χ1) is 7.31. The first-order valence-corrected chi connectivity index (χ1v) is 7.31. The Labute approximate surface area is 95.8 Å². The second kappa shape index (κ2) is 5.37. The van der Waals surface area contributed by atoms with E-state index in [9.17, 15) is 0 Å². The van der Waals surface area contributed by atoms with E-state index in [-0.39, 0.29) is 0 Å². The van der Waals surface area contributed by atoms with E-state index >= 15 is 0 Å². The van der Waals surface area contributed by atoms with Gasteiger partial charge in [-0.05, 0) is 30.1 Å². The summed E-state index contributed by atoms with van der Waals surface area (Å²) >= 11 is 0. The third-order valence-electron chi connectivity index (χ3n) is 4.89. The van der Waals surface area contributed by atoms with E-state index in [1.807, 2.05) is 0 Å². The molecule has 2 aliphatic carbocycles. The molecule has 15 heavy (non-hydrogen) atoms. The lowest BCUT2D eigenvalue weighted by Gasteiger charge is -2.26. The first-order valence-electron chi connectivity index (χ1n) is 7.31. The molecule has 0 heteroatoms. The molecule has 0 heterocycles. The summed E-state index contributed by atoms with van der Waals surface area (Å²) in [6.07, 6.45) is 13.6. The minimum atomic E-state index is 1.03. The first kappa shape index (κ1) is 11.5. The van der Waals surface area contributed by atoms with Crippen molar-refractivity contribution in [2.75, 3.05) is 0 Å². The Morgan fingerprint density at radius 1 is 1.20 bits per heavy atom. The molecule has 3 unspecified atom stereocenters. The fourth-order valence-electron chi connectivity index (χ4n) is 3.26. The van der Waals surface area contributed by atoms with Crippen LogP contribution < -0.4 is 0 Å². The lowest BCUT2D eigenvalue weighted by Crippen LogP contribution is -2.12. The van der Waals surface area contributed by atoms with Crippen LogP contribution in [-0.2, 0) is 0 Å². The minimum absolute atomic E-state index is 1.03. The topological polar surface area (TPSA) is 0 Å². The predicted molar refractivity (Wildman–Crippen MR) is 66.9 cm³/mol. The van der Waals surface area contributed by atoms with Gasteiger partial charge in [0.05, 0.1) is 0 Å². The maximum Gasteiger partial charge on any atom is -0.0357 e. The second-order valence-electron chi connectivity index (χ2n) is 6.15. The van der Waals surface area contributed by atoms with Crippen LogP contribution in [-0.4, -0.2) is 0 Å². The third-order valence-corrected chi connectivity index (χ3v) is 4.89. The van der Waals surface area contributed by atoms with Crippen molar-refractivity contribution >= 4 is 0 Å². The largest absolute Gasteiger partial charge is 0.0654 e. The predicted octanol–water partition coefficient (Wildman–Crippen LogP) is 5.03. The van der Waals surface area contributed by atoms with E-state index in [1.54, 1.807) is 6.42 Å². The van der Waals surface area contributed by atoms with E-state index in [0.717, 1.165) is 23.7 Å². The molecule has 0 amide bonds. The molecule has 0 spiro atoms. The van der Waals surface area contributed by atoms with Crippen molar-refractivity contribution in [1.29, 1.82) is 0 Å². The van der Waals surface area contributed by atoms with Gasteiger partial charge in [-0.25, -0.2) is 0 Å². The Hall–Kier alpha value is 0. The Kier molecular flexibility index (Phi) is 4.11. The zero-order chi connectivity index (χ0) is 10.7. The van der Waals surface area contributed by atoms with Gasteiger partial charge in [-0.15, -0.1) is 0 Å². The molecule has 0 radical (unpaired) electrons. The molecule has 0 bridgehead atoms. The highest BCUT2D eigenvalue weighted by molar-refractivity contribution is 4.89. The second-order valence-corrected chi connectivity index (χ2v) is 6.15. The van der Waals surface area contributed by atoms with Crippen LogP contribution in [0.15, 0.2) is 0 Å². The van der Waals surface area contributed by atoms with Crippen molar-refractivity contribution in [2.24, 2.45) is 23.7 Å². The lowest BCUT2D eigenvalue weighted by atomic mass is 9.80.